The van der Waals surface area contributed by atoms with Gasteiger partial charge in [0.1, 0.15) is 0 Å². The second kappa shape index (κ2) is 8.48. The minimum absolute atomic E-state index is 0.212. The number of hydrogen-bond acceptors (Lipinski definition) is 3. The Hall–Kier alpha value is -0.120. The molecular formula is C10H22O3. The minimum Gasteiger partial charge on any atom is -0.393 e. The van der Waals surface area contributed by atoms with Crippen molar-refractivity contribution in [2.45, 2.75) is 45.8 Å². The summed E-state index contributed by atoms with van der Waals surface area (Å²) in [4.78, 5) is 0. The van der Waals surface area contributed by atoms with Gasteiger partial charge < -0.3 is 14.6 Å². The van der Waals surface area contributed by atoms with Crippen molar-refractivity contribution in [2.24, 2.45) is 0 Å². The lowest BCUT2D eigenvalue weighted by molar-refractivity contribution is 0.0169. The predicted molar refractivity (Wildman–Crippen MR) is 52.8 cm³/mol. The van der Waals surface area contributed by atoms with E-state index >= 15 is 0 Å². The molecule has 1 unspecified atom stereocenters. The monoisotopic (exact) mass is 190 g/mol. The lowest BCUT2D eigenvalue weighted by Crippen LogP contribution is -2.10. The maximum atomic E-state index is 8.95. The molecule has 0 heterocycles. The third kappa shape index (κ3) is 11.9. The van der Waals surface area contributed by atoms with Crippen molar-refractivity contribution in [3.63, 3.8) is 0 Å². The molecule has 0 aliphatic heterocycles. The molecule has 0 aromatic carbocycles. The van der Waals surface area contributed by atoms with Gasteiger partial charge in [-0.2, -0.15) is 0 Å². The van der Waals surface area contributed by atoms with Crippen LogP contribution in [-0.2, 0) is 9.47 Å². The predicted octanol–water partition coefficient (Wildman–Crippen LogP) is 1.59. The van der Waals surface area contributed by atoms with Gasteiger partial charge in [0.25, 0.3) is 0 Å². The van der Waals surface area contributed by atoms with Gasteiger partial charge in [-0.3, -0.25) is 0 Å². The molecule has 0 aliphatic rings. The molecule has 3 heteroatoms. The summed E-state index contributed by atoms with van der Waals surface area (Å²) in [6.45, 7) is 7.83. The molecule has 0 spiro atoms. The summed E-state index contributed by atoms with van der Waals surface area (Å²) in [6.07, 6.45) is 1.79. The van der Waals surface area contributed by atoms with Gasteiger partial charge >= 0.3 is 0 Å². The maximum absolute atomic E-state index is 8.95. The van der Waals surface area contributed by atoms with E-state index in [0.29, 0.717) is 19.8 Å². The zero-order valence-electron chi connectivity index (χ0n) is 8.95. The molecule has 0 aromatic rings. The molecule has 3 nitrogen and oxygen atoms in total. The normalized spacial score (nSPS) is 13.6. The van der Waals surface area contributed by atoms with Crippen molar-refractivity contribution >= 4 is 0 Å². The first-order chi connectivity index (χ1) is 6.13. The summed E-state index contributed by atoms with van der Waals surface area (Å²) < 4.78 is 10.6. The van der Waals surface area contributed by atoms with E-state index in [4.69, 9.17) is 14.6 Å². The molecule has 0 bridgehead atoms. The Morgan fingerprint density at radius 2 is 1.77 bits per heavy atom. The summed E-state index contributed by atoms with van der Waals surface area (Å²) >= 11 is 0. The average Bonchev–Trinajstić information content (AvgIpc) is 2.01. The Kier molecular flexibility index (Phi) is 8.40. The van der Waals surface area contributed by atoms with E-state index in [1.165, 1.54) is 0 Å². The second-order valence-corrected chi connectivity index (χ2v) is 3.52. The lowest BCUT2D eigenvalue weighted by atomic mass is 10.2. The van der Waals surface area contributed by atoms with Crippen molar-refractivity contribution in [1.82, 2.24) is 0 Å². The average molecular weight is 190 g/mol. The van der Waals surface area contributed by atoms with Gasteiger partial charge in [-0.15, -0.1) is 0 Å². The van der Waals surface area contributed by atoms with E-state index in [1.807, 2.05) is 13.8 Å². The summed E-state index contributed by atoms with van der Waals surface area (Å²) in [6, 6.07) is 0. The van der Waals surface area contributed by atoms with Gasteiger partial charge in [-0.25, -0.2) is 0 Å². The molecule has 80 valence electrons. The van der Waals surface area contributed by atoms with Crippen molar-refractivity contribution < 1.29 is 14.6 Å². The van der Waals surface area contributed by atoms with Gasteiger partial charge in [0.2, 0.25) is 0 Å². The standard InChI is InChI=1S/C10H22O3/c1-9(2)13-8-7-12-6-4-5-10(3)11/h9-11H,4-8H2,1-3H3. The molecule has 0 rings (SSSR count). The highest BCUT2D eigenvalue weighted by molar-refractivity contribution is 4.46. The summed E-state index contributed by atoms with van der Waals surface area (Å²) in [5.41, 5.74) is 0. The fraction of sp³-hybridized carbons (Fsp3) is 1.00. The van der Waals surface area contributed by atoms with Crippen molar-refractivity contribution in [1.29, 1.82) is 0 Å². The Balaban J connectivity index is 2.92. The minimum atomic E-state index is -0.212. The van der Waals surface area contributed by atoms with Crippen LogP contribution in [0.15, 0.2) is 0 Å². The van der Waals surface area contributed by atoms with Crippen molar-refractivity contribution in [3.8, 4) is 0 Å². The zero-order valence-corrected chi connectivity index (χ0v) is 8.95. The molecular weight excluding hydrogens is 168 g/mol. The van der Waals surface area contributed by atoms with Crippen LogP contribution in [0.1, 0.15) is 33.6 Å². The van der Waals surface area contributed by atoms with E-state index in [0.717, 1.165) is 12.8 Å². The van der Waals surface area contributed by atoms with Crippen LogP contribution in [0.4, 0.5) is 0 Å². The molecule has 0 aromatic heterocycles. The Bertz CT molecular complexity index is 90.3. The third-order valence-electron chi connectivity index (χ3n) is 1.59. The molecule has 0 aliphatic carbocycles. The first kappa shape index (κ1) is 12.9. The Labute approximate surface area is 81.0 Å². The van der Waals surface area contributed by atoms with Crippen LogP contribution >= 0.6 is 0 Å². The summed E-state index contributed by atoms with van der Waals surface area (Å²) in [5, 5.41) is 8.95. The van der Waals surface area contributed by atoms with E-state index in [-0.39, 0.29) is 12.2 Å². The summed E-state index contributed by atoms with van der Waals surface area (Å²) in [7, 11) is 0. The van der Waals surface area contributed by atoms with Gasteiger partial charge in [-0.05, 0) is 33.6 Å². The number of ether oxygens (including phenoxy) is 2. The molecule has 1 N–H and O–H groups in total. The zero-order chi connectivity index (χ0) is 10.1. The molecule has 0 saturated carbocycles. The maximum Gasteiger partial charge on any atom is 0.0703 e. The molecule has 0 fully saturated rings. The van der Waals surface area contributed by atoms with Gasteiger partial charge in [0.05, 0.1) is 25.4 Å². The van der Waals surface area contributed by atoms with Crippen LogP contribution < -0.4 is 0 Å². The highest BCUT2D eigenvalue weighted by atomic mass is 16.5. The Morgan fingerprint density at radius 1 is 1.08 bits per heavy atom. The van der Waals surface area contributed by atoms with Crippen LogP contribution in [0.5, 0.6) is 0 Å². The highest BCUT2D eigenvalue weighted by Crippen LogP contribution is 1.96. The van der Waals surface area contributed by atoms with Gasteiger partial charge in [-0.1, -0.05) is 0 Å². The SMILES string of the molecule is CC(O)CCCOCCOC(C)C. The molecule has 0 radical (unpaired) electrons. The number of hydrogen-bond donors (Lipinski definition) is 1. The van der Waals surface area contributed by atoms with Crippen LogP contribution in [0.25, 0.3) is 0 Å². The molecule has 13 heavy (non-hydrogen) atoms. The quantitative estimate of drug-likeness (QED) is 0.591. The Morgan fingerprint density at radius 3 is 2.31 bits per heavy atom. The third-order valence-corrected chi connectivity index (χ3v) is 1.59. The fourth-order valence-electron chi connectivity index (χ4n) is 0.926. The van der Waals surface area contributed by atoms with Crippen LogP contribution in [0, 0.1) is 0 Å². The van der Waals surface area contributed by atoms with Gasteiger partial charge in [0, 0.05) is 6.61 Å². The van der Waals surface area contributed by atoms with Crippen molar-refractivity contribution in [3.05, 3.63) is 0 Å². The smallest absolute Gasteiger partial charge is 0.0703 e. The largest absolute Gasteiger partial charge is 0.393 e. The van der Waals surface area contributed by atoms with Crippen LogP contribution in [0.2, 0.25) is 0 Å². The van der Waals surface area contributed by atoms with E-state index in [1.54, 1.807) is 6.92 Å². The van der Waals surface area contributed by atoms with Crippen LogP contribution in [-0.4, -0.2) is 37.1 Å². The molecule has 1 atom stereocenters. The molecule has 0 saturated heterocycles. The second-order valence-electron chi connectivity index (χ2n) is 3.52. The highest BCUT2D eigenvalue weighted by Gasteiger charge is 1.96. The number of aliphatic hydroxyl groups excluding tert-OH is 1. The topological polar surface area (TPSA) is 38.7 Å². The first-order valence-electron chi connectivity index (χ1n) is 5.00. The lowest BCUT2D eigenvalue weighted by Gasteiger charge is -2.08. The van der Waals surface area contributed by atoms with Crippen molar-refractivity contribution in [2.75, 3.05) is 19.8 Å². The fourth-order valence-corrected chi connectivity index (χ4v) is 0.926. The first-order valence-corrected chi connectivity index (χ1v) is 5.00. The molecule has 0 amide bonds. The number of aliphatic hydroxyl groups is 1. The van der Waals surface area contributed by atoms with Crippen LogP contribution in [0.3, 0.4) is 0 Å². The van der Waals surface area contributed by atoms with E-state index in [2.05, 4.69) is 0 Å². The van der Waals surface area contributed by atoms with E-state index in [9.17, 15) is 0 Å². The summed E-state index contributed by atoms with van der Waals surface area (Å²) in [5.74, 6) is 0. The van der Waals surface area contributed by atoms with Gasteiger partial charge in [0.15, 0.2) is 0 Å². The number of rotatable bonds is 8. The van der Waals surface area contributed by atoms with E-state index < -0.39 is 0 Å².